The van der Waals surface area contributed by atoms with E-state index in [9.17, 15) is 28.8 Å². The third kappa shape index (κ3) is 4.24. The standard InChI is InChI=1S/C32H25N3O8/c1-42-31(40)22(32(41)43-2)17-23-24-25(30(39)33(29(24)38)19-13-7-4-8-14-19)26(18-11-5-3-6-12-18)34(23)35-27(36)20-15-9-10-16-21(20)28(35)37/h3-17,23-26H,1-2H3/t23-,24+,25+,26-/m1/s1. The number of hydrazine groups is 1. The van der Waals surface area contributed by atoms with Crippen molar-refractivity contribution in [1.29, 1.82) is 0 Å². The number of amides is 4. The van der Waals surface area contributed by atoms with Gasteiger partial charge in [0, 0.05) is 0 Å². The van der Waals surface area contributed by atoms with E-state index >= 15 is 0 Å². The summed E-state index contributed by atoms with van der Waals surface area (Å²) in [5, 5.41) is 2.25. The zero-order chi connectivity index (χ0) is 30.4. The first kappa shape index (κ1) is 27.7. The van der Waals surface area contributed by atoms with E-state index in [0.29, 0.717) is 11.3 Å². The van der Waals surface area contributed by atoms with Crippen LogP contribution >= 0.6 is 0 Å². The molecular formula is C32H25N3O8. The van der Waals surface area contributed by atoms with E-state index in [4.69, 9.17) is 9.47 Å². The molecule has 11 nitrogen and oxygen atoms in total. The Kier molecular flexibility index (Phi) is 6.95. The Balaban J connectivity index is 1.60. The molecule has 3 heterocycles. The third-order valence-electron chi connectivity index (χ3n) is 8.00. The van der Waals surface area contributed by atoms with E-state index in [0.717, 1.165) is 30.2 Å². The molecule has 43 heavy (non-hydrogen) atoms. The minimum Gasteiger partial charge on any atom is -0.465 e. The molecule has 216 valence electrons. The monoisotopic (exact) mass is 579 g/mol. The number of carbonyl (C=O) groups excluding carboxylic acids is 6. The van der Waals surface area contributed by atoms with Crippen molar-refractivity contribution in [2.75, 3.05) is 19.1 Å². The van der Waals surface area contributed by atoms with E-state index in [1.54, 1.807) is 72.8 Å². The molecule has 11 heteroatoms. The minimum atomic E-state index is -1.30. The first-order valence-corrected chi connectivity index (χ1v) is 13.4. The number of ether oxygens (including phenoxy) is 2. The molecule has 0 saturated carbocycles. The van der Waals surface area contributed by atoms with Crippen LogP contribution in [-0.4, -0.2) is 65.8 Å². The number of hydrogen-bond donors (Lipinski definition) is 0. The molecule has 6 rings (SSSR count). The molecule has 0 unspecified atom stereocenters. The van der Waals surface area contributed by atoms with Gasteiger partial charge in [0.25, 0.3) is 11.8 Å². The van der Waals surface area contributed by atoms with Gasteiger partial charge in [0.05, 0.1) is 55.0 Å². The van der Waals surface area contributed by atoms with Crippen LogP contribution in [0, 0.1) is 11.8 Å². The van der Waals surface area contributed by atoms with Crippen LogP contribution in [0.25, 0.3) is 0 Å². The lowest BCUT2D eigenvalue weighted by atomic mass is 9.86. The van der Waals surface area contributed by atoms with Crippen molar-refractivity contribution in [2.45, 2.75) is 12.1 Å². The lowest BCUT2D eigenvalue weighted by Crippen LogP contribution is -2.52. The van der Waals surface area contributed by atoms with E-state index in [-0.39, 0.29) is 11.1 Å². The summed E-state index contributed by atoms with van der Waals surface area (Å²) in [5.41, 5.74) is 0.615. The van der Waals surface area contributed by atoms with Crippen molar-refractivity contribution in [3.63, 3.8) is 0 Å². The second-order valence-electron chi connectivity index (χ2n) is 10.2. The molecule has 0 N–H and O–H groups in total. The summed E-state index contributed by atoms with van der Waals surface area (Å²) in [6, 6.07) is 21.0. The summed E-state index contributed by atoms with van der Waals surface area (Å²) >= 11 is 0. The average molecular weight is 580 g/mol. The van der Waals surface area contributed by atoms with Gasteiger partial charge < -0.3 is 9.47 Å². The van der Waals surface area contributed by atoms with Gasteiger partial charge in [-0.25, -0.2) is 19.5 Å². The van der Waals surface area contributed by atoms with Crippen molar-refractivity contribution in [3.05, 3.63) is 113 Å². The normalized spacial score (nSPS) is 22.8. The first-order chi connectivity index (χ1) is 20.8. The number of rotatable bonds is 6. The van der Waals surface area contributed by atoms with Crippen LogP contribution in [-0.2, 0) is 28.7 Å². The number of esters is 2. The maximum atomic E-state index is 14.2. The number of imide groups is 2. The molecule has 4 atom stereocenters. The Morgan fingerprint density at radius 3 is 1.70 bits per heavy atom. The largest absolute Gasteiger partial charge is 0.465 e. The van der Waals surface area contributed by atoms with Gasteiger partial charge in [0.2, 0.25) is 11.8 Å². The summed E-state index contributed by atoms with van der Waals surface area (Å²) in [4.78, 5) is 82.8. The molecule has 3 aromatic carbocycles. The van der Waals surface area contributed by atoms with Crippen LogP contribution in [0.2, 0.25) is 0 Å². The fourth-order valence-electron chi connectivity index (χ4n) is 6.19. The van der Waals surface area contributed by atoms with Crippen LogP contribution in [0.4, 0.5) is 5.69 Å². The zero-order valence-electron chi connectivity index (χ0n) is 23.1. The minimum absolute atomic E-state index is 0.142. The highest BCUT2D eigenvalue weighted by Gasteiger charge is 2.65. The highest BCUT2D eigenvalue weighted by molar-refractivity contribution is 6.24. The number of para-hydroxylation sites is 1. The number of benzene rings is 3. The van der Waals surface area contributed by atoms with Crippen LogP contribution in [0.5, 0.6) is 0 Å². The predicted molar refractivity (Wildman–Crippen MR) is 150 cm³/mol. The summed E-state index contributed by atoms with van der Waals surface area (Å²) in [6.07, 6.45) is 1.15. The van der Waals surface area contributed by atoms with Crippen LogP contribution in [0.1, 0.15) is 32.3 Å². The van der Waals surface area contributed by atoms with Gasteiger partial charge in [-0.1, -0.05) is 60.7 Å². The van der Waals surface area contributed by atoms with Gasteiger partial charge >= 0.3 is 11.9 Å². The molecule has 4 amide bonds. The molecule has 3 aliphatic heterocycles. The smallest absolute Gasteiger partial charge is 0.345 e. The van der Waals surface area contributed by atoms with Gasteiger partial charge in [-0.05, 0) is 35.9 Å². The number of fused-ring (bicyclic) bond motifs is 2. The van der Waals surface area contributed by atoms with Crippen molar-refractivity contribution < 1.29 is 38.2 Å². The number of nitrogens with zero attached hydrogens (tertiary/aromatic N) is 3. The maximum Gasteiger partial charge on any atom is 0.345 e. The van der Waals surface area contributed by atoms with Crippen molar-refractivity contribution in [3.8, 4) is 0 Å². The lowest BCUT2D eigenvalue weighted by molar-refractivity contribution is -0.144. The molecule has 0 radical (unpaired) electrons. The van der Waals surface area contributed by atoms with E-state index < -0.39 is 65.1 Å². The summed E-state index contributed by atoms with van der Waals surface area (Å²) in [7, 11) is 2.15. The zero-order valence-corrected chi connectivity index (χ0v) is 23.1. The molecule has 0 bridgehead atoms. The summed E-state index contributed by atoms with van der Waals surface area (Å²) < 4.78 is 9.65. The average Bonchev–Trinajstić information content (AvgIpc) is 3.60. The van der Waals surface area contributed by atoms with E-state index in [2.05, 4.69) is 0 Å². The van der Waals surface area contributed by atoms with Crippen LogP contribution in [0.15, 0.2) is 96.6 Å². The quantitative estimate of drug-likeness (QED) is 0.142. The van der Waals surface area contributed by atoms with Gasteiger partial charge in [-0.3, -0.25) is 19.2 Å². The molecule has 2 saturated heterocycles. The Bertz CT molecular complexity index is 1650. The fraction of sp³-hybridized carbons (Fsp3) is 0.188. The fourth-order valence-corrected chi connectivity index (χ4v) is 6.19. The molecule has 0 spiro atoms. The topological polar surface area (TPSA) is 131 Å². The SMILES string of the molecule is COC(=O)C(=C[C@@H]1[C@@H]2C(=O)N(c3ccccc3)C(=O)[C@@H]2[C@@H](c2ccccc2)N1N1C(=O)c2ccccc2C1=O)C(=O)OC. The van der Waals surface area contributed by atoms with Crippen molar-refractivity contribution >= 4 is 41.3 Å². The number of carbonyl (C=O) groups is 6. The highest BCUT2D eigenvalue weighted by atomic mass is 16.5. The molecule has 0 aromatic heterocycles. The lowest BCUT2D eigenvalue weighted by Gasteiger charge is -2.37. The van der Waals surface area contributed by atoms with Gasteiger partial charge in [-0.2, -0.15) is 5.01 Å². The van der Waals surface area contributed by atoms with Crippen LogP contribution < -0.4 is 4.90 Å². The van der Waals surface area contributed by atoms with Gasteiger partial charge in [-0.15, -0.1) is 0 Å². The number of anilines is 1. The van der Waals surface area contributed by atoms with E-state index in [1.165, 1.54) is 17.1 Å². The molecule has 2 fully saturated rings. The summed E-state index contributed by atoms with van der Waals surface area (Å²) in [6.45, 7) is 0. The molecule has 3 aromatic rings. The maximum absolute atomic E-state index is 14.2. The Morgan fingerprint density at radius 1 is 0.674 bits per heavy atom. The first-order valence-electron chi connectivity index (χ1n) is 13.4. The summed E-state index contributed by atoms with van der Waals surface area (Å²) in [5.74, 6) is -6.91. The van der Waals surface area contributed by atoms with Gasteiger partial charge in [0.1, 0.15) is 5.57 Å². The molecule has 0 aliphatic carbocycles. The van der Waals surface area contributed by atoms with E-state index in [1.807, 2.05) is 0 Å². The second-order valence-corrected chi connectivity index (χ2v) is 10.2. The Labute approximate surface area is 245 Å². The highest BCUT2D eigenvalue weighted by Crippen LogP contribution is 2.53. The predicted octanol–water partition coefficient (Wildman–Crippen LogP) is 2.70. The van der Waals surface area contributed by atoms with Crippen molar-refractivity contribution in [2.24, 2.45) is 11.8 Å². The molecular weight excluding hydrogens is 554 g/mol. The third-order valence-corrected chi connectivity index (χ3v) is 8.00. The van der Waals surface area contributed by atoms with Gasteiger partial charge in [0.15, 0.2) is 0 Å². The molecule has 3 aliphatic rings. The van der Waals surface area contributed by atoms with Crippen molar-refractivity contribution in [1.82, 2.24) is 10.0 Å². The Hall–Kier alpha value is -5.42. The number of methoxy groups -OCH3 is 2. The second kappa shape index (κ2) is 10.8. The van der Waals surface area contributed by atoms with Crippen LogP contribution in [0.3, 0.4) is 0 Å². The Morgan fingerprint density at radius 2 is 1.16 bits per heavy atom. The number of hydrogen-bond acceptors (Lipinski definition) is 9.